The summed E-state index contributed by atoms with van der Waals surface area (Å²) in [6.07, 6.45) is -4.84. The van der Waals surface area contributed by atoms with E-state index >= 15 is 0 Å². The van der Waals surface area contributed by atoms with Crippen LogP contribution in [0.1, 0.15) is 21.5 Å². The second-order valence-electron chi connectivity index (χ2n) is 5.24. The number of rotatable bonds is 5. The molecule has 0 saturated heterocycles. The maximum absolute atomic E-state index is 13.0. The van der Waals surface area contributed by atoms with E-state index in [1.165, 1.54) is 12.1 Å². The van der Waals surface area contributed by atoms with Crippen LogP contribution in [0.3, 0.4) is 0 Å². The largest absolute Gasteiger partial charge is 0.480 e. The van der Waals surface area contributed by atoms with Crippen LogP contribution in [0.15, 0.2) is 48.5 Å². The van der Waals surface area contributed by atoms with E-state index < -0.39 is 35.2 Å². The number of halogens is 4. The Morgan fingerprint density at radius 2 is 1.80 bits per heavy atom. The van der Waals surface area contributed by atoms with Crippen LogP contribution < -0.4 is 5.32 Å². The van der Waals surface area contributed by atoms with Gasteiger partial charge in [0, 0.05) is 11.4 Å². The van der Waals surface area contributed by atoms with Crippen molar-refractivity contribution in [1.82, 2.24) is 5.32 Å². The normalized spacial score (nSPS) is 12.5. The number of alkyl halides is 3. The highest BCUT2D eigenvalue weighted by atomic mass is 35.5. The highest BCUT2D eigenvalue weighted by molar-refractivity contribution is 6.30. The van der Waals surface area contributed by atoms with Gasteiger partial charge in [-0.15, -0.1) is 0 Å². The summed E-state index contributed by atoms with van der Waals surface area (Å²) in [6.45, 7) is 0. The first-order valence-electron chi connectivity index (χ1n) is 7.13. The first-order chi connectivity index (χ1) is 11.7. The third-order valence-electron chi connectivity index (χ3n) is 3.41. The Morgan fingerprint density at radius 1 is 1.12 bits per heavy atom. The van der Waals surface area contributed by atoms with Gasteiger partial charge in [0.2, 0.25) is 0 Å². The highest BCUT2D eigenvalue weighted by Crippen LogP contribution is 2.31. The smallest absolute Gasteiger partial charge is 0.417 e. The second-order valence-corrected chi connectivity index (χ2v) is 5.68. The number of aliphatic carboxylic acids is 1. The van der Waals surface area contributed by atoms with Crippen molar-refractivity contribution in [3.05, 3.63) is 70.2 Å². The van der Waals surface area contributed by atoms with Crippen LogP contribution in [0.2, 0.25) is 5.02 Å². The molecule has 0 unspecified atom stereocenters. The molecule has 0 bridgehead atoms. The number of nitrogens with one attached hydrogen (secondary N) is 1. The number of carbonyl (C=O) groups excluding carboxylic acids is 1. The molecule has 0 aliphatic rings. The Kier molecular flexibility index (Phi) is 5.69. The SMILES string of the molecule is O=C(N[C@@H](Cc1cccc(Cl)c1)C(=O)O)c1ccccc1C(F)(F)F. The maximum atomic E-state index is 13.0. The molecule has 2 aromatic rings. The van der Waals surface area contributed by atoms with Gasteiger partial charge in [0.1, 0.15) is 6.04 Å². The molecular formula is C17H13ClF3NO3. The lowest BCUT2D eigenvalue weighted by molar-refractivity contribution is -0.139. The van der Waals surface area contributed by atoms with Crippen molar-refractivity contribution in [2.75, 3.05) is 0 Å². The van der Waals surface area contributed by atoms with Crippen molar-refractivity contribution in [1.29, 1.82) is 0 Å². The molecule has 25 heavy (non-hydrogen) atoms. The molecule has 0 fully saturated rings. The molecule has 0 aliphatic heterocycles. The Bertz CT molecular complexity index is 793. The van der Waals surface area contributed by atoms with E-state index in [-0.39, 0.29) is 6.42 Å². The monoisotopic (exact) mass is 371 g/mol. The van der Waals surface area contributed by atoms with E-state index in [2.05, 4.69) is 5.32 Å². The lowest BCUT2D eigenvalue weighted by atomic mass is 10.0. The summed E-state index contributed by atoms with van der Waals surface area (Å²) < 4.78 is 39.0. The van der Waals surface area contributed by atoms with Gasteiger partial charge in [-0.25, -0.2) is 4.79 Å². The van der Waals surface area contributed by atoms with Gasteiger partial charge < -0.3 is 10.4 Å². The fraction of sp³-hybridized carbons (Fsp3) is 0.176. The first-order valence-corrected chi connectivity index (χ1v) is 7.50. The number of carbonyl (C=O) groups is 2. The molecule has 0 heterocycles. The van der Waals surface area contributed by atoms with E-state index in [4.69, 9.17) is 11.6 Å². The molecule has 0 aliphatic carbocycles. The van der Waals surface area contributed by atoms with Gasteiger partial charge in [0.15, 0.2) is 0 Å². The van der Waals surface area contributed by atoms with E-state index in [0.717, 1.165) is 18.2 Å². The highest BCUT2D eigenvalue weighted by Gasteiger charge is 2.35. The second kappa shape index (κ2) is 7.57. The van der Waals surface area contributed by atoms with Crippen molar-refractivity contribution >= 4 is 23.5 Å². The summed E-state index contributed by atoms with van der Waals surface area (Å²) in [5.74, 6) is -2.47. The van der Waals surface area contributed by atoms with Gasteiger partial charge in [-0.2, -0.15) is 13.2 Å². The maximum Gasteiger partial charge on any atom is 0.417 e. The first kappa shape index (κ1) is 18.8. The minimum atomic E-state index is -4.72. The van der Waals surface area contributed by atoms with Gasteiger partial charge in [0.05, 0.1) is 11.1 Å². The predicted molar refractivity (Wildman–Crippen MR) is 85.5 cm³/mol. The lowest BCUT2D eigenvalue weighted by Gasteiger charge is -2.17. The number of hydrogen-bond donors (Lipinski definition) is 2. The van der Waals surface area contributed by atoms with Crippen LogP contribution >= 0.6 is 11.6 Å². The molecule has 4 nitrogen and oxygen atoms in total. The minimum absolute atomic E-state index is 0.115. The summed E-state index contributed by atoms with van der Waals surface area (Å²) >= 11 is 5.82. The predicted octanol–water partition coefficient (Wildman–Crippen LogP) is 3.78. The van der Waals surface area contributed by atoms with Crippen LogP contribution in [0.25, 0.3) is 0 Å². The van der Waals surface area contributed by atoms with Gasteiger partial charge in [-0.05, 0) is 29.8 Å². The molecule has 2 aromatic carbocycles. The average molecular weight is 372 g/mol. The topological polar surface area (TPSA) is 66.4 Å². The molecule has 1 amide bonds. The Labute approximate surface area is 146 Å². The summed E-state index contributed by atoms with van der Waals surface area (Å²) in [7, 11) is 0. The molecule has 0 spiro atoms. The summed E-state index contributed by atoms with van der Waals surface area (Å²) in [6, 6.07) is 9.13. The van der Waals surface area contributed by atoms with E-state index in [1.807, 2.05) is 0 Å². The zero-order valence-electron chi connectivity index (χ0n) is 12.7. The van der Waals surface area contributed by atoms with Gasteiger partial charge in [0.25, 0.3) is 5.91 Å². The Hall–Kier alpha value is -2.54. The van der Waals surface area contributed by atoms with Gasteiger partial charge in [-0.1, -0.05) is 35.9 Å². The zero-order valence-corrected chi connectivity index (χ0v) is 13.4. The summed E-state index contributed by atoms with van der Waals surface area (Å²) in [4.78, 5) is 23.6. The van der Waals surface area contributed by atoms with Gasteiger partial charge >= 0.3 is 12.1 Å². The number of carboxylic acid groups (broad SMARTS) is 1. The van der Waals surface area contributed by atoms with E-state index in [1.54, 1.807) is 18.2 Å². The molecule has 0 saturated carbocycles. The van der Waals surface area contributed by atoms with Crippen LogP contribution in [0, 0.1) is 0 Å². The fourth-order valence-corrected chi connectivity index (χ4v) is 2.48. The third-order valence-corrected chi connectivity index (χ3v) is 3.64. The van der Waals surface area contributed by atoms with Crippen LogP contribution in [-0.2, 0) is 17.4 Å². The van der Waals surface area contributed by atoms with Crippen molar-refractivity contribution < 1.29 is 27.9 Å². The lowest BCUT2D eigenvalue weighted by Crippen LogP contribution is -2.42. The zero-order chi connectivity index (χ0) is 18.6. The Balaban J connectivity index is 2.23. The van der Waals surface area contributed by atoms with Crippen LogP contribution in [-0.4, -0.2) is 23.0 Å². The fourth-order valence-electron chi connectivity index (χ4n) is 2.26. The summed E-state index contributed by atoms with van der Waals surface area (Å²) in [5.41, 5.74) is -1.23. The van der Waals surface area contributed by atoms with Crippen LogP contribution in [0.5, 0.6) is 0 Å². The molecule has 132 valence electrons. The van der Waals surface area contributed by atoms with Crippen molar-refractivity contribution in [2.45, 2.75) is 18.6 Å². The van der Waals surface area contributed by atoms with Crippen molar-refractivity contribution in [3.8, 4) is 0 Å². The molecule has 2 N–H and O–H groups in total. The number of hydrogen-bond acceptors (Lipinski definition) is 2. The van der Waals surface area contributed by atoms with Crippen LogP contribution in [0.4, 0.5) is 13.2 Å². The summed E-state index contributed by atoms with van der Waals surface area (Å²) in [5, 5.41) is 11.8. The third kappa shape index (κ3) is 4.96. The van der Waals surface area contributed by atoms with Crippen molar-refractivity contribution in [3.63, 3.8) is 0 Å². The van der Waals surface area contributed by atoms with E-state index in [9.17, 15) is 27.9 Å². The number of benzene rings is 2. The number of amides is 1. The molecule has 2 rings (SSSR count). The standard InChI is InChI=1S/C17H13ClF3NO3/c18-11-5-3-4-10(8-11)9-14(16(24)25)22-15(23)12-6-1-2-7-13(12)17(19,20)21/h1-8,14H,9H2,(H,22,23)(H,24,25)/t14-/m0/s1. The molecule has 8 heteroatoms. The molecular weight excluding hydrogens is 359 g/mol. The molecule has 0 radical (unpaired) electrons. The average Bonchev–Trinajstić information content (AvgIpc) is 2.53. The van der Waals surface area contributed by atoms with Gasteiger partial charge in [-0.3, -0.25) is 4.79 Å². The molecule has 1 atom stereocenters. The Morgan fingerprint density at radius 3 is 2.40 bits per heavy atom. The molecule has 0 aromatic heterocycles. The van der Waals surface area contributed by atoms with E-state index in [0.29, 0.717) is 10.6 Å². The quantitative estimate of drug-likeness (QED) is 0.840. The van der Waals surface area contributed by atoms with Crippen molar-refractivity contribution in [2.24, 2.45) is 0 Å². The number of carboxylic acids is 1. The minimum Gasteiger partial charge on any atom is -0.480 e.